The summed E-state index contributed by atoms with van der Waals surface area (Å²) in [7, 11) is 0. The van der Waals surface area contributed by atoms with Gasteiger partial charge in [-0.05, 0) is 30.7 Å². The van der Waals surface area contributed by atoms with Crippen LogP contribution in [0.3, 0.4) is 0 Å². The predicted molar refractivity (Wildman–Crippen MR) is 83.0 cm³/mol. The molecule has 98 valence electrons. The van der Waals surface area contributed by atoms with Crippen LogP contribution in [0.4, 0.5) is 0 Å². The van der Waals surface area contributed by atoms with Crippen molar-refractivity contribution >= 4 is 45.7 Å². The van der Waals surface area contributed by atoms with E-state index >= 15 is 0 Å². The summed E-state index contributed by atoms with van der Waals surface area (Å²) in [5.41, 5.74) is 8.79. The van der Waals surface area contributed by atoms with Crippen molar-refractivity contribution in [3.8, 4) is 10.4 Å². The average molecular weight is 310 g/mol. The van der Waals surface area contributed by atoms with Crippen molar-refractivity contribution in [2.45, 2.75) is 19.4 Å². The molecule has 19 heavy (non-hydrogen) atoms. The normalized spacial score (nSPS) is 13.0. The van der Waals surface area contributed by atoms with Gasteiger partial charge in [0.2, 0.25) is 0 Å². The van der Waals surface area contributed by atoms with E-state index in [1.54, 1.807) is 11.3 Å². The van der Waals surface area contributed by atoms with Crippen molar-refractivity contribution in [1.82, 2.24) is 8.75 Å². The summed E-state index contributed by atoms with van der Waals surface area (Å²) in [5, 5.41) is 0.707. The summed E-state index contributed by atoms with van der Waals surface area (Å²) in [5.74, 6) is 0. The smallest absolute Gasteiger partial charge is 0.114 e. The van der Waals surface area contributed by atoms with E-state index in [4.69, 9.17) is 17.3 Å². The number of rotatable bonds is 3. The molecule has 1 atom stereocenters. The van der Waals surface area contributed by atoms with Crippen LogP contribution in [-0.2, 0) is 0 Å². The Kier molecular flexibility index (Phi) is 3.54. The zero-order chi connectivity index (χ0) is 13.4. The van der Waals surface area contributed by atoms with E-state index in [9.17, 15) is 0 Å². The first-order valence-corrected chi connectivity index (χ1v) is 7.89. The second kappa shape index (κ2) is 5.17. The Labute approximate surface area is 124 Å². The number of fused-ring (bicyclic) bond motifs is 1. The zero-order valence-electron chi connectivity index (χ0n) is 10.3. The van der Waals surface area contributed by atoms with Gasteiger partial charge < -0.3 is 5.73 Å². The van der Waals surface area contributed by atoms with Crippen molar-refractivity contribution in [3.05, 3.63) is 34.2 Å². The molecule has 0 spiro atoms. The number of benzene rings is 1. The van der Waals surface area contributed by atoms with Gasteiger partial charge in [-0.3, -0.25) is 0 Å². The Morgan fingerprint density at radius 1 is 1.26 bits per heavy atom. The fraction of sp³-hybridized carbons (Fsp3) is 0.231. The van der Waals surface area contributed by atoms with Gasteiger partial charge in [0.05, 0.1) is 16.8 Å². The highest BCUT2D eigenvalue weighted by molar-refractivity contribution is 7.15. The van der Waals surface area contributed by atoms with Crippen molar-refractivity contribution < 1.29 is 0 Å². The topological polar surface area (TPSA) is 51.8 Å². The van der Waals surface area contributed by atoms with Crippen molar-refractivity contribution in [1.29, 1.82) is 0 Å². The van der Waals surface area contributed by atoms with Crippen LogP contribution in [0, 0.1) is 0 Å². The molecule has 3 rings (SSSR count). The average Bonchev–Trinajstić information content (AvgIpc) is 3.06. The summed E-state index contributed by atoms with van der Waals surface area (Å²) in [4.78, 5) is 2.27. The summed E-state index contributed by atoms with van der Waals surface area (Å²) in [6, 6.07) is 8.00. The highest BCUT2D eigenvalue weighted by Crippen LogP contribution is 2.39. The lowest BCUT2D eigenvalue weighted by Gasteiger charge is -2.05. The molecule has 3 aromatic rings. The molecule has 1 unspecified atom stereocenters. The van der Waals surface area contributed by atoms with Gasteiger partial charge in [-0.25, -0.2) is 0 Å². The quantitative estimate of drug-likeness (QED) is 0.776. The molecular weight excluding hydrogens is 298 g/mol. The van der Waals surface area contributed by atoms with E-state index in [-0.39, 0.29) is 6.04 Å². The van der Waals surface area contributed by atoms with Crippen LogP contribution in [0.15, 0.2) is 24.3 Å². The third-order valence-electron chi connectivity index (χ3n) is 3.06. The van der Waals surface area contributed by atoms with Gasteiger partial charge in [-0.1, -0.05) is 18.5 Å². The second-order valence-electron chi connectivity index (χ2n) is 4.27. The Morgan fingerprint density at radius 2 is 2.11 bits per heavy atom. The lowest BCUT2D eigenvalue weighted by Crippen LogP contribution is -2.05. The maximum Gasteiger partial charge on any atom is 0.114 e. The number of thiophene rings is 1. The molecule has 0 amide bonds. The molecular formula is C13H12ClN3S2. The Bertz CT molecular complexity index is 720. The van der Waals surface area contributed by atoms with E-state index in [0.29, 0.717) is 5.02 Å². The fourth-order valence-electron chi connectivity index (χ4n) is 1.95. The number of nitrogens with two attached hydrogens (primary N) is 1. The third kappa shape index (κ3) is 2.27. The lowest BCUT2D eigenvalue weighted by atomic mass is 10.1. The second-order valence-corrected chi connectivity index (χ2v) is 6.32. The number of nitrogens with zero attached hydrogens (tertiary/aromatic N) is 2. The lowest BCUT2D eigenvalue weighted by molar-refractivity contribution is 0.712. The molecule has 0 aliphatic rings. The van der Waals surface area contributed by atoms with E-state index in [1.165, 1.54) is 16.6 Å². The SMILES string of the molecule is CCC(N)c1ccc(-c2c(Cl)ccc3nsnc23)s1. The number of hydrogen-bond acceptors (Lipinski definition) is 5. The molecule has 3 nitrogen and oxygen atoms in total. The molecule has 0 aliphatic heterocycles. The van der Waals surface area contributed by atoms with Crippen LogP contribution in [0.1, 0.15) is 24.3 Å². The van der Waals surface area contributed by atoms with Crippen LogP contribution in [-0.4, -0.2) is 8.75 Å². The fourth-order valence-corrected chi connectivity index (χ4v) is 3.95. The highest BCUT2D eigenvalue weighted by atomic mass is 35.5. The van der Waals surface area contributed by atoms with E-state index < -0.39 is 0 Å². The predicted octanol–water partition coefficient (Wildman–Crippen LogP) is 4.48. The first-order valence-electron chi connectivity index (χ1n) is 5.97. The molecule has 2 aromatic heterocycles. The third-order valence-corrected chi connectivity index (χ3v) is 5.15. The highest BCUT2D eigenvalue weighted by Gasteiger charge is 2.15. The van der Waals surface area contributed by atoms with Gasteiger partial charge in [0, 0.05) is 21.4 Å². The minimum atomic E-state index is 0.0882. The number of aromatic nitrogens is 2. The van der Waals surface area contributed by atoms with Gasteiger partial charge in [0.1, 0.15) is 11.0 Å². The van der Waals surface area contributed by atoms with E-state index in [2.05, 4.69) is 27.8 Å². The molecule has 0 saturated carbocycles. The molecule has 0 fully saturated rings. The number of halogens is 1. The minimum Gasteiger partial charge on any atom is -0.323 e. The van der Waals surface area contributed by atoms with E-state index in [1.807, 2.05) is 12.1 Å². The Balaban J connectivity index is 2.16. The van der Waals surface area contributed by atoms with Gasteiger partial charge in [0.25, 0.3) is 0 Å². The maximum atomic E-state index is 6.33. The molecule has 0 radical (unpaired) electrons. The zero-order valence-corrected chi connectivity index (χ0v) is 12.6. The summed E-state index contributed by atoms with van der Waals surface area (Å²) < 4.78 is 8.61. The van der Waals surface area contributed by atoms with Gasteiger partial charge >= 0.3 is 0 Å². The maximum absolute atomic E-state index is 6.33. The van der Waals surface area contributed by atoms with Crippen LogP contribution < -0.4 is 5.73 Å². The van der Waals surface area contributed by atoms with Crippen LogP contribution in [0.2, 0.25) is 5.02 Å². The first-order chi connectivity index (χ1) is 9.20. The Hall–Kier alpha value is -1.01. The number of hydrogen-bond donors (Lipinski definition) is 1. The molecule has 0 aliphatic carbocycles. The van der Waals surface area contributed by atoms with Gasteiger partial charge in [0.15, 0.2) is 0 Å². The molecule has 0 bridgehead atoms. The largest absolute Gasteiger partial charge is 0.323 e. The molecule has 1 aromatic carbocycles. The van der Waals surface area contributed by atoms with Crippen molar-refractivity contribution in [2.75, 3.05) is 0 Å². The summed E-state index contributed by atoms with van der Waals surface area (Å²) >= 11 is 9.22. The summed E-state index contributed by atoms with van der Waals surface area (Å²) in [6.07, 6.45) is 0.927. The minimum absolute atomic E-state index is 0.0882. The van der Waals surface area contributed by atoms with Crippen molar-refractivity contribution in [3.63, 3.8) is 0 Å². The van der Waals surface area contributed by atoms with E-state index in [0.717, 1.165) is 27.9 Å². The standard InChI is InChI=1S/C13H12ClN3S2/c1-2-8(15)10-5-6-11(18-10)12-7(14)3-4-9-13(12)17-19-16-9/h3-6,8H,2,15H2,1H3. The summed E-state index contributed by atoms with van der Waals surface area (Å²) in [6.45, 7) is 2.09. The van der Waals surface area contributed by atoms with Gasteiger partial charge in [-0.15, -0.1) is 11.3 Å². The molecule has 2 heterocycles. The molecule has 6 heteroatoms. The Morgan fingerprint density at radius 3 is 2.89 bits per heavy atom. The monoisotopic (exact) mass is 309 g/mol. The molecule has 0 saturated heterocycles. The molecule has 2 N–H and O–H groups in total. The van der Waals surface area contributed by atoms with Crippen LogP contribution >= 0.6 is 34.7 Å². The van der Waals surface area contributed by atoms with Crippen LogP contribution in [0.25, 0.3) is 21.5 Å². The van der Waals surface area contributed by atoms with Gasteiger partial charge in [-0.2, -0.15) is 8.75 Å². The van der Waals surface area contributed by atoms with Crippen molar-refractivity contribution in [2.24, 2.45) is 5.73 Å². The van der Waals surface area contributed by atoms with Crippen LogP contribution in [0.5, 0.6) is 0 Å². The first kappa shape index (κ1) is 13.0.